The van der Waals surface area contributed by atoms with Crippen LogP contribution < -0.4 is 4.90 Å². The summed E-state index contributed by atoms with van der Waals surface area (Å²) in [5, 5.41) is 6.10. The Hall–Kier alpha value is -2.74. The molecule has 2 aliphatic rings. The Morgan fingerprint density at radius 3 is 2.32 bits per heavy atom. The molecule has 28 heavy (non-hydrogen) atoms. The number of imide groups is 1. The van der Waals surface area contributed by atoms with Crippen molar-refractivity contribution in [1.82, 2.24) is 5.01 Å². The highest BCUT2D eigenvalue weighted by Gasteiger charge is 2.60. The first kappa shape index (κ1) is 20.0. The average Bonchev–Trinajstić information content (AvgIpc) is 3.13. The van der Waals surface area contributed by atoms with Crippen molar-refractivity contribution in [3.05, 3.63) is 29.3 Å². The van der Waals surface area contributed by atoms with Gasteiger partial charge in [0.15, 0.2) is 5.71 Å². The number of fused-ring (bicyclic) bond motifs is 1. The van der Waals surface area contributed by atoms with E-state index in [1.165, 1.54) is 19.0 Å². The molecular formula is C19H20ClN3O5. The number of methoxy groups -OCH3 is 1. The van der Waals surface area contributed by atoms with Crippen LogP contribution in [-0.4, -0.2) is 53.0 Å². The molecule has 8 nitrogen and oxygen atoms in total. The maximum atomic E-state index is 13.2. The minimum Gasteiger partial charge on any atom is -0.464 e. The van der Waals surface area contributed by atoms with Crippen molar-refractivity contribution < 1.29 is 23.9 Å². The molecular weight excluding hydrogens is 386 g/mol. The maximum Gasteiger partial charge on any atom is 0.355 e. The predicted molar refractivity (Wildman–Crippen MR) is 102 cm³/mol. The fourth-order valence-corrected chi connectivity index (χ4v) is 3.86. The van der Waals surface area contributed by atoms with Crippen LogP contribution in [0.3, 0.4) is 0 Å². The number of ether oxygens (including phenoxy) is 1. The van der Waals surface area contributed by atoms with Crippen LogP contribution in [0.4, 0.5) is 5.69 Å². The number of amides is 2. The van der Waals surface area contributed by atoms with Gasteiger partial charge < -0.3 is 4.74 Å². The van der Waals surface area contributed by atoms with Gasteiger partial charge in [-0.1, -0.05) is 11.6 Å². The van der Waals surface area contributed by atoms with Gasteiger partial charge in [-0.2, -0.15) is 5.10 Å². The molecule has 1 fully saturated rings. The number of carbonyl (C=O) groups is 4. The van der Waals surface area contributed by atoms with Crippen molar-refractivity contribution in [2.75, 3.05) is 12.0 Å². The number of rotatable bonds is 5. The van der Waals surface area contributed by atoms with Gasteiger partial charge in [0.05, 0.1) is 18.3 Å². The molecule has 2 aliphatic heterocycles. The number of carbonyl (C=O) groups excluding carboxylic acids is 4. The summed E-state index contributed by atoms with van der Waals surface area (Å²) in [6.07, 6.45) is 0.0938. The number of hydrogen-bond donors (Lipinski definition) is 0. The lowest BCUT2D eigenvalue weighted by atomic mass is 9.92. The summed E-state index contributed by atoms with van der Waals surface area (Å²) in [7, 11) is 1.18. The van der Waals surface area contributed by atoms with Crippen LogP contribution in [0.15, 0.2) is 29.4 Å². The van der Waals surface area contributed by atoms with Crippen LogP contribution in [0.25, 0.3) is 0 Å². The number of hydrazone groups is 1. The van der Waals surface area contributed by atoms with Crippen molar-refractivity contribution in [2.24, 2.45) is 11.0 Å². The Bertz CT molecular complexity index is 893. The van der Waals surface area contributed by atoms with E-state index in [1.54, 1.807) is 38.1 Å². The van der Waals surface area contributed by atoms with Gasteiger partial charge in [0.25, 0.3) is 5.91 Å². The van der Waals surface area contributed by atoms with Crippen molar-refractivity contribution in [3.8, 4) is 0 Å². The van der Waals surface area contributed by atoms with Gasteiger partial charge in [-0.05, 0) is 45.0 Å². The molecule has 0 radical (unpaired) electrons. The number of esters is 1. The first-order valence-corrected chi connectivity index (χ1v) is 9.05. The number of hydrogen-bond acceptors (Lipinski definition) is 7. The SMILES string of the molecule is COC(=O)C1=NN(C(C)(C)CC(C)=O)C2C(=O)N(c3ccc(Cl)cc3)C(=O)C12. The fourth-order valence-electron chi connectivity index (χ4n) is 3.73. The Labute approximate surface area is 167 Å². The smallest absolute Gasteiger partial charge is 0.355 e. The minimum absolute atomic E-state index is 0.0938. The van der Waals surface area contributed by atoms with E-state index in [2.05, 4.69) is 5.10 Å². The van der Waals surface area contributed by atoms with Crippen LogP contribution in [0.1, 0.15) is 27.2 Å². The Kier molecular flexibility index (Phi) is 5.01. The monoisotopic (exact) mass is 405 g/mol. The second kappa shape index (κ2) is 7.01. The van der Waals surface area contributed by atoms with Gasteiger partial charge in [0.1, 0.15) is 17.7 Å². The molecule has 0 aromatic heterocycles. The highest BCUT2D eigenvalue weighted by Crippen LogP contribution is 2.40. The first-order chi connectivity index (χ1) is 13.1. The van der Waals surface area contributed by atoms with Crippen molar-refractivity contribution in [1.29, 1.82) is 0 Å². The second-order valence-electron chi connectivity index (χ2n) is 7.42. The van der Waals surface area contributed by atoms with Crippen LogP contribution in [0.2, 0.25) is 5.02 Å². The van der Waals surface area contributed by atoms with Crippen LogP contribution in [-0.2, 0) is 23.9 Å². The zero-order valence-electron chi connectivity index (χ0n) is 15.9. The highest BCUT2D eigenvalue weighted by atomic mass is 35.5. The van der Waals surface area contributed by atoms with Crippen LogP contribution in [0.5, 0.6) is 0 Å². The number of anilines is 1. The van der Waals surface area contributed by atoms with Gasteiger partial charge in [0, 0.05) is 11.4 Å². The predicted octanol–water partition coefficient (Wildman–Crippen LogP) is 1.80. The molecule has 0 spiro atoms. The van der Waals surface area contributed by atoms with E-state index in [0.717, 1.165) is 4.90 Å². The standard InChI is InChI=1S/C19H20ClN3O5/c1-10(24)9-19(2,3)23-15-13(14(21-23)18(27)28-4)16(25)22(17(15)26)12-7-5-11(20)6-8-12/h5-8,13,15H,9H2,1-4H3. The summed E-state index contributed by atoms with van der Waals surface area (Å²) < 4.78 is 4.76. The molecule has 0 saturated carbocycles. The summed E-state index contributed by atoms with van der Waals surface area (Å²) >= 11 is 5.89. The lowest BCUT2D eigenvalue weighted by Crippen LogP contribution is -2.50. The molecule has 3 rings (SSSR count). The molecule has 1 aromatic rings. The molecule has 2 heterocycles. The summed E-state index contributed by atoms with van der Waals surface area (Å²) in [6.45, 7) is 4.90. The topological polar surface area (TPSA) is 96.3 Å². The Morgan fingerprint density at radius 1 is 1.18 bits per heavy atom. The normalized spacial score (nSPS) is 21.7. The summed E-state index contributed by atoms with van der Waals surface area (Å²) in [4.78, 5) is 51.3. The van der Waals surface area contributed by atoms with E-state index in [0.29, 0.717) is 10.7 Å². The van der Waals surface area contributed by atoms with Gasteiger partial charge in [0.2, 0.25) is 5.91 Å². The first-order valence-electron chi connectivity index (χ1n) is 8.67. The highest BCUT2D eigenvalue weighted by molar-refractivity contribution is 6.46. The molecule has 148 valence electrons. The number of ketones is 1. The largest absolute Gasteiger partial charge is 0.464 e. The molecule has 0 aliphatic carbocycles. The van der Waals surface area contributed by atoms with Crippen molar-refractivity contribution in [3.63, 3.8) is 0 Å². The van der Waals surface area contributed by atoms with E-state index in [4.69, 9.17) is 16.3 Å². The maximum absolute atomic E-state index is 13.2. The van der Waals surface area contributed by atoms with Gasteiger partial charge in [-0.15, -0.1) is 0 Å². The second-order valence-corrected chi connectivity index (χ2v) is 7.86. The zero-order valence-corrected chi connectivity index (χ0v) is 16.7. The number of Topliss-reactive ketones (excluding diaryl/α,β-unsaturated/α-hetero) is 1. The van der Waals surface area contributed by atoms with Gasteiger partial charge >= 0.3 is 5.97 Å². The van der Waals surface area contributed by atoms with Gasteiger partial charge in [-0.3, -0.25) is 19.4 Å². The van der Waals surface area contributed by atoms with E-state index < -0.39 is 35.3 Å². The summed E-state index contributed by atoms with van der Waals surface area (Å²) in [5.41, 5.74) is -0.669. The van der Waals surface area contributed by atoms with Crippen molar-refractivity contribution >= 4 is 46.6 Å². The number of nitrogens with zero attached hydrogens (tertiary/aromatic N) is 3. The summed E-state index contributed by atoms with van der Waals surface area (Å²) in [5.74, 6) is -3.06. The third-order valence-electron chi connectivity index (χ3n) is 4.83. The lowest BCUT2D eigenvalue weighted by molar-refractivity contribution is -0.133. The number of benzene rings is 1. The Balaban J connectivity index is 2.07. The quantitative estimate of drug-likeness (QED) is 0.547. The van der Waals surface area contributed by atoms with Gasteiger partial charge in [-0.25, -0.2) is 9.69 Å². The molecule has 1 saturated heterocycles. The van der Waals surface area contributed by atoms with Crippen LogP contribution in [0, 0.1) is 5.92 Å². The van der Waals surface area contributed by atoms with E-state index in [1.807, 2.05) is 0 Å². The Morgan fingerprint density at radius 2 is 1.79 bits per heavy atom. The van der Waals surface area contributed by atoms with Crippen molar-refractivity contribution in [2.45, 2.75) is 38.8 Å². The molecule has 2 unspecified atom stereocenters. The molecule has 0 bridgehead atoms. The van der Waals surface area contributed by atoms with E-state index >= 15 is 0 Å². The molecule has 9 heteroatoms. The summed E-state index contributed by atoms with van der Waals surface area (Å²) in [6, 6.07) is 5.22. The van der Waals surface area contributed by atoms with E-state index in [-0.39, 0.29) is 17.9 Å². The fraction of sp³-hybridized carbons (Fsp3) is 0.421. The molecule has 1 aromatic carbocycles. The van der Waals surface area contributed by atoms with E-state index in [9.17, 15) is 19.2 Å². The number of halogens is 1. The molecule has 2 atom stereocenters. The third-order valence-corrected chi connectivity index (χ3v) is 5.08. The van der Waals surface area contributed by atoms with Crippen LogP contribution >= 0.6 is 11.6 Å². The molecule has 2 amide bonds. The average molecular weight is 406 g/mol. The lowest BCUT2D eigenvalue weighted by Gasteiger charge is -2.36. The zero-order chi connectivity index (χ0) is 20.8. The minimum atomic E-state index is -1.10. The molecule has 0 N–H and O–H groups in total. The third kappa shape index (κ3) is 3.17.